The van der Waals surface area contributed by atoms with Crippen LogP contribution in [0.4, 0.5) is 0 Å². The van der Waals surface area contributed by atoms with Crippen LogP contribution in [-0.4, -0.2) is 35.3 Å². The van der Waals surface area contributed by atoms with Crippen molar-refractivity contribution in [2.45, 2.75) is 26.8 Å². The van der Waals surface area contributed by atoms with Crippen molar-refractivity contribution < 1.29 is 4.74 Å². The lowest BCUT2D eigenvalue weighted by Crippen LogP contribution is -2.26. The van der Waals surface area contributed by atoms with E-state index in [1.165, 1.54) is 11.3 Å². The summed E-state index contributed by atoms with van der Waals surface area (Å²) in [5.74, 6) is 1.45. The van der Waals surface area contributed by atoms with Gasteiger partial charge in [-0.2, -0.15) is 5.10 Å². The SMILES string of the molecule is CC(C)COc1cccc(-c2n[nH]c3c2CN(C)CC3)c1. The maximum atomic E-state index is 5.82. The zero-order valence-electron chi connectivity index (χ0n) is 13.0. The molecule has 1 aliphatic rings. The van der Waals surface area contributed by atoms with Gasteiger partial charge in [0.2, 0.25) is 0 Å². The van der Waals surface area contributed by atoms with Gasteiger partial charge in [0.05, 0.1) is 12.3 Å². The first kappa shape index (κ1) is 14.1. The molecule has 0 fully saturated rings. The molecule has 4 nitrogen and oxygen atoms in total. The average molecular weight is 285 g/mol. The van der Waals surface area contributed by atoms with E-state index in [0.29, 0.717) is 5.92 Å². The van der Waals surface area contributed by atoms with E-state index < -0.39 is 0 Å². The molecular formula is C17H23N3O. The van der Waals surface area contributed by atoms with E-state index in [-0.39, 0.29) is 0 Å². The molecule has 1 aromatic carbocycles. The first-order chi connectivity index (χ1) is 10.1. The van der Waals surface area contributed by atoms with Gasteiger partial charge in [-0.25, -0.2) is 0 Å². The molecule has 2 heterocycles. The molecule has 0 atom stereocenters. The molecule has 0 saturated heterocycles. The van der Waals surface area contributed by atoms with E-state index in [2.05, 4.69) is 48.1 Å². The zero-order valence-corrected chi connectivity index (χ0v) is 13.0. The highest BCUT2D eigenvalue weighted by Gasteiger charge is 2.20. The lowest BCUT2D eigenvalue weighted by molar-refractivity contribution is 0.271. The number of aromatic nitrogens is 2. The van der Waals surface area contributed by atoms with Gasteiger partial charge in [-0.15, -0.1) is 0 Å². The van der Waals surface area contributed by atoms with Crippen LogP contribution in [0.2, 0.25) is 0 Å². The lowest BCUT2D eigenvalue weighted by Gasteiger charge is -2.22. The molecule has 0 aliphatic carbocycles. The van der Waals surface area contributed by atoms with Crippen LogP contribution < -0.4 is 4.74 Å². The normalized spacial score (nSPS) is 15.2. The molecule has 0 unspecified atom stereocenters. The fourth-order valence-electron chi connectivity index (χ4n) is 2.66. The number of rotatable bonds is 4. The largest absolute Gasteiger partial charge is 0.493 e. The molecule has 0 saturated carbocycles. The van der Waals surface area contributed by atoms with Crippen molar-refractivity contribution in [3.8, 4) is 17.0 Å². The fourth-order valence-corrected chi connectivity index (χ4v) is 2.66. The van der Waals surface area contributed by atoms with Crippen molar-refractivity contribution >= 4 is 0 Å². The summed E-state index contributed by atoms with van der Waals surface area (Å²) in [6.45, 7) is 7.10. The van der Waals surface area contributed by atoms with Gasteiger partial charge in [-0.3, -0.25) is 5.10 Å². The van der Waals surface area contributed by atoms with E-state index in [1.807, 2.05) is 12.1 Å². The van der Waals surface area contributed by atoms with E-state index in [0.717, 1.165) is 43.1 Å². The van der Waals surface area contributed by atoms with Gasteiger partial charge in [0.25, 0.3) is 0 Å². The van der Waals surface area contributed by atoms with Gasteiger partial charge in [0, 0.05) is 36.3 Å². The van der Waals surface area contributed by atoms with Crippen LogP contribution in [0.5, 0.6) is 5.75 Å². The van der Waals surface area contributed by atoms with Crippen LogP contribution in [0.25, 0.3) is 11.3 Å². The molecular weight excluding hydrogens is 262 g/mol. The molecule has 0 spiro atoms. The summed E-state index contributed by atoms with van der Waals surface area (Å²) in [7, 11) is 2.15. The number of nitrogens with one attached hydrogen (secondary N) is 1. The fraction of sp³-hybridized carbons (Fsp3) is 0.471. The second-order valence-corrected chi connectivity index (χ2v) is 6.25. The number of likely N-dealkylation sites (N-methyl/N-ethyl adjacent to an activating group) is 1. The number of H-pyrrole nitrogens is 1. The second-order valence-electron chi connectivity index (χ2n) is 6.25. The van der Waals surface area contributed by atoms with Crippen LogP contribution in [0.1, 0.15) is 25.1 Å². The van der Waals surface area contributed by atoms with Crippen molar-refractivity contribution in [1.82, 2.24) is 15.1 Å². The summed E-state index contributed by atoms with van der Waals surface area (Å²) in [6, 6.07) is 8.25. The smallest absolute Gasteiger partial charge is 0.119 e. The molecule has 1 aliphatic heterocycles. The van der Waals surface area contributed by atoms with E-state index in [4.69, 9.17) is 4.74 Å². The van der Waals surface area contributed by atoms with Crippen LogP contribution >= 0.6 is 0 Å². The third kappa shape index (κ3) is 3.10. The third-order valence-electron chi connectivity index (χ3n) is 3.82. The molecule has 0 bridgehead atoms. The van der Waals surface area contributed by atoms with E-state index in [1.54, 1.807) is 0 Å². The van der Waals surface area contributed by atoms with E-state index >= 15 is 0 Å². The average Bonchev–Trinajstić information content (AvgIpc) is 2.88. The highest BCUT2D eigenvalue weighted by Crippen LogP contribution is 2.29. The lowest BCUT2D eigenvalue weighted by atomic mass is 10.0. The Hall–Kier alpha value is -1.81. The van der Waals surface area contributed by atoms with Crippen LogP contribution in [0.15, 0.2) is 24.3 Å². The Kier molecular flexibility index (Phi) is 3.97. The Morgan fingerprint density at radius 3 is 3.05 bits per heavy atom. The maximum Gasteiger partial charge on any atom is 0.119 e. The third-order valence-corrected chi connectivity index (χ3v) is 3.82. The predicted octanol–water partition coefficient (Wildman–Crippen LogP) is 3.10. The first-order valence-corrected chi connectivity index (χ1v) is 7.61. The molecule has 0 radical (unpaired) electrons. The molecule has 3 rings (SSSR count). The second kappa shape index (κ2) is 5.90. The molecule has 1 N–H and O–H groups in total. The minimum Gasteiger partial charge on any atom is -0.493 e. The minimum absolute atomic E-state index is 0.528. The predicted molar refractivity (Wildman–Crippen MR) is 84.4 cm³/mol. The van der Waals surface area contributed by atoms with Crippen molar-refractivity contribution in [1.29, 1.82) is 0 Å². The van der Waals surface area contributed by atoms with Crippen LogP contribution in [0, 0.1) is 5.92 Å². The number of hydrogen-bond acceptors (Lipinski definition) is 3. The van der Waals surface area contributed by atoms with Gasteiger partial charge < -0.3 is 9.64 Å². The summed E-state index contributed by atoms with van der Waals surface area (Å²) in [4.78, 5) is 2.33. The Morgan fingerprint density at radius 2 is 2.24 bits per heavy atom. The van der Waals surface area contributed by atoms with Crippen molar-refractivity contribution in [2.24, 2.45) is 5.92 Å². The quantitative estimate of drug-likeness (QED) is 0.938. The Morgan fingerprint density at radius 1 is 1.38 bits per heavy atom. The van der Waals surface area contributed by atoms with E-state index in [9.17, 15) is 0 Å². The standard InChI is InChI=1S/C17H23N3O/c1-12(2)11-21-14-6-4-5-13(9-14)17-15-10-20(3)8-7-16(15)18-19-17/h4-6,9,12H,7-8,10-11H2,1-3H3,(H,18,19). The number of fused-ring (bicyclic) bond motifs is 1. The summed E-state index contributed by atoms with van der Waals surface area (Å²) >= 11 is 0. The molecule has 112 valence electrons. The topological polar surface area (TPSA) is 41.1 Å². The van der Waals surface area contributed by atoms with Crippen LogP contribution in [0.3, 0.4) is 0 Å². The molecule has 1 aromatic heterocycles. The minimum atomic E-state index is 0.528. The number of benzene rings is 1. The summed E-state index contributed by atoms with van der Waals surface area (Å²) in [5, 5.41) is 7.73. The van der Waals surface area contributed by atoms with Crippen molar-refractivity contribution in [2.75, 3.05) is 20.2 Å². The van der Waals surface area contributed by atoms with Gasteiger partial charge >= 0.3 is 0 Å². The highest BCUT2D eigenvalue weighted by atomic mass is 16.5. The molecule has 4 heteroatoms. The summed E-state index contributed by atoms with van der Waals surface area (Å²) in [6.07, 6.45) is 1.04. The van der Waals surface area contributed by atoms with Gasteiger partial charge in [-0.1, -0.05) is 26.0 Å². The maximum absolute atomic E-state index is 5.82. The monoisotopic (exact) mass is 285 g/mol. The number of aromatic amines is 1. The summed E-state index contributed by atoms with van der Waals surface area (Å²) in [5.41, 5.74) is 4.79. The summed E-state index contributed by atoms with van der Waals surface area (Å²) < 4.78 is 5.82. The molecule has 0 amide bonds. The van der Waals surface area contributed by atoms with Gasteiger partial charge in [-0.05, 0) is 25.1 Å². The number of hydrogen-bond donors (Lipinski definition) is 1. The van der Waals surface area contributed by atoms with Crippen molar-refractivity contribution in [3.63, 3.8) is 0 Å². The number of nitrogens with zero attached hydrogens (tertiary/aromatic N) is 2. The molecule has 2 aromatic rings. The zero-order chi connectivity index (χ0) is 14.8. The highest BCUT2D eigenvalue weighted by molar-refractivity contribution is 5.65. The molecule has 21 heavy (non-hydrogen) atoms. The van der Waals surface area contributed by atoms with Crippen molar-refractivity contribution in [3.05, 3.63) is 35.5 Å². The van der Waals surface area contributed by atoms with Crippen LogP contribution in [-0.2, 0) is 13.0 Å². The Labute approximate surface area is 126 Å². The van der Waals surface area contributed by atoms with Gasteiger partial charge in [0.15, 0.2) is 0 Å². The number of ether oxygens (including phenoxy) is 1. The first-order valence-electron chi connectivity index (χ1n) is 7.61. The van der Waals surface area contributed by atoms with Gasteiger partial charge in [0.1, 0.15) is 5.75 Å². The Balaban J connectivity index is 1.87. The Bertz CT molecular complexity index is 618.